The molecule has 0 amide bonds. The van der Waals surface area contributed by atoms with Gasteiger partial charge in [-0.25, -0.2) is 4.39 Å². The van der Waals surface area contributed by atoms with Crippen molar-refractivity contribution >= 4 is 5.69 Å². The highest BCUT2D eigenvalue weighted by atomic mass is 19.1. The van der Waals surface area contributed by atoms with Gasteiger partial charge in [0, 0.05) is 24.3 Å². The molecular formula is C17H17FN2. The van der Waals surface area contributed by atoms with Gasteiger partial charge in [0.15, 0.2) is 0 Å². The Kier molecular flexibility index (Phi) is 2.74. The lowest BCUT2D eigenvalue weighted by atomic mass is 9.94. The van der Waals surface area contributed by atoms with Crippen LogP contribution in [0.2, 0.25) is 0 Å². The lowest BCUT2D eigenvalue weighted by Crippen LogP contribution is -2.18. The van der Waals surface area contributed by atoms with E-state index in [2.05, 4.69) is 22.8 Å². The third kappa shape index (κ3) is 1.74. The van der Waals surface area contributed by atoms with E-state index in [0.717, 1.165) is 36.3 Å². The number of anilines is 1. The summed E-state index contributed by atoms with van der Waals surface area (Å²) in [5.74, 6) is 0. The Morgan fingerprint density at radius 2 is 1.90 bits per heavy atom. The second-order valence-corrected chi connectivity index (χ2v) is 5.52. The Hall–Kier alpha value is -1.87. The van der Waals surface area contributed by atoms with Crippen molar-refractivity contribution < 1.29 is 4.39 Å². The fraction of sp³-hybridized carbons (Fsp3) is 0.294. The van der Waals surface area contributed by atoms with Crippen LogP contribution in [-0.2, 0) is 13.0 Å². The van der Waals surface area contributed by atoms with Gasteiger partial charge in [0.25, 0.3) is 0 Å². The predicted molar refractivity (Wildman–Crippen MR) is 78.5 cm³/mol. The van der Waals surface area contributed by atoms with E-state index in [1.165, 1.54) is 11.1 Å². The summed E-state index contributed by atoms with van der Waals surface area (Å²) in [6.07, 6.45) is -0.0240. The standard InChI is InChI=1S/C17H17FN2/c18-15(14-7-3-5-11-8-9-19-16(11)14)17-13-6-2-1-4-12(13)10-20-17/h1-7,15,17,19-20H,8-10H2. The van der Waals surface area contributed by atoms with E-state index in [1.807, 2.05) is 30.3 Å². The van der Waals surface area contributed by atoms with Crippen LogP contribution in [-0.4, -0.2) is 6.54 Å². The number of fused-ring (bicyclic) bond motifs is 2. The molecule has 0 saturated heterocycles. The summed E-state index contributed by atoms with van der Waals surface area (Å²) in [7, 11) is 0. The van der Waals surface area contributed by atoms with Gasteiger partial charge in [-0.05, 0) is 23.1 Å². The Balaban J connectivity index is 1.73. The fourth-order valence-corrected chi connectivity index (χ4v) is 3.37. The van der Waals surface area contributed by atoms with E-state index in [4.69, 9.17) is 0 Å². The van der Waals surface area contributed by atoms with Crippen molar-refractivity contribution in [2.24, 2.45) is 0 Å². The molecule has 0 radical (unpaired) electrons. The van der Waals surface area contributed by atoms with Gasteiger partial charge in [-0.1, -0.05) is 42.5 Å². The number of hydrogen-bond acceptors (Lipinski definition) is 2. The van der Waals surface area contributed by atoms with Gasteiger partial charge in [-0.2, -0.15) is 0 Å². The summed E-state index contributed by atoms with van der Waals surface area (Å²) in [4.78, 5) is 0. The predicted octanol–water partition coefficient (Wildman–Crippen LogP) is 3.51. The minimum atomic E-state index is -1.01. The molecule has 0 spiro atoms. The van der Waals surface area contributed by atoms with Crippen LogP contribution in [0.3, 0.4) is 0 Å². The fourth-order valence-electron chi connectivity index (χ4n) is 3.37. The van der Waals surface area contributed by atoms with Crippen LogP contribution < -0.4 is 10.6 Å². The van der Waals surface area contributed by atoms with Gasteiger partial charge in [-0.15, -0.1) is 0 Å². The zero-order valence-corrected chi connectivity index (χ0v) is 11.2. The first-order chi connectivity index (χ1) is 9.84. The largest absolute Gasteiger partial charge is 0.384 e. The third-order valence-electron chi connectivity index (χ3n) is 4.37. The molecule has 0 bridgehead atoms. The highest BCUT2D eigenvalue weighted by Gasteiger charge is 2.32. The molecule has 3 heteroatoms. The van der Waals surface area contributed by atoms with Crippen molar-refractivity contribution in [1.29, 1.82) is 0 Å². The summed E-state index contributed by atoms with van der Waals surface area (Å²) in [6.45, 7) is 1.66. The van der Waals surface area contributed by atoms with E-state index >= 15 is 4.39 Å². The molecule has 2 heterocycles. The van der Waals surface area contributed by atoms with E-state index < -0.39 is 6.17 Å². The van der Waals surface area contributed by atoms with E-state index in [0.29, 0.717) is 0 Å². The monoisotopic (exact) mass is 268 g/mol. The van der Waals surface area contributed by atoms with Gasteiger partial charge in [-0.3, -0.25) is 0 Å². The second-order valence-electron chi connectivity index (χ2n) is 5.52. The van der Waals surface area contributed by atoms with E-state index in [1.54, 1.807) is 0 Å². The number of para-hydroxylation sites is 1. The number of halogens is 1. The van der Waals surface area contributed by atoms with E-state index in [-0.39, 0.29) is 6.04 Å². The van der Waals surface area contributed by atoms with Crippen molar-refractivity contribution in [2.45, 2.75) is 25.2 Å². The quantitative estimate of drug-likeness (QED) is 0.871. The first-order valence-electron chi connectivity index (χ1n) is 7.15. The first-order valence-corrected chi connectivity index (χ1v) is 7.15. The average Bonchev–Trinajstić information content (AvgIpc) is 3.12. The molecule has 2 atom stereocenters. The lowest BCUT2D eigenvalue weighted by molar-refractivity contribution is 0.267. The highest BCUT2D eigenvalue weighted by molar-refractivity contribution is 5.62. The molecule has 0 aromatic heterocycles. The molecule has 2 aromatic carbocycles. The Morgan fingerprint density at radius 1 is 1.05 bits per heavy atom. The first kappa shape index (κ1) is 11.9. The smallest absolute Gasteiger partial charge is 0.147 e. The van der Waals surface area contributed by atoms with Crippen molar-refractivity contribution in [2.75, 3.05) is 11.9 Å². The van der Waals surface area contributed by atoms with Gasteiger partial charge >= 0.3 is 0 Å². The molecule has 2 aliphatic heterocycles. The normalized spacial score (nSPS) is 21.1. The molecule has 2 aromatic rings. The van der Waals surface area contributed by atoms with E-state index in [9.17, 15) is 0 Å². The minimum Gasteiger partial charge on any atom is -0.384 e. The minimum absolute atomic E-state index is 0.236. The highest BCUT2D eigenvalue weighted by Crippen LogP contribution is 2.42. The van der Waals surface area contributed by atoms with Gasteiger partial charge in [0.2, 0.25) is 0 Å². The number of rotatable bonds is 2. The molecule has 0 saturated carbocycles. The maximum absolute atomic E-state index is 15.1. The third-order valence-corrected chi connectivity index (χ3v) is 4.37. The van der Waals surface area contributed by atoms with Gasteiger partial charge in [0.05, 0.1) is 6.04 Å². The number of nitrogens with one attached hydrogen (secondary N) is 2. The summed E-state index contributed by atoms with van der Waals surface area (Å²) in [6, 6.07) is 13.8. The van der Waals surface area contributed by atoms with Gasteiger partial charge < -0.3 is 10.6 Å². The molecule has 0 aliphatic carbocycles. The summed E-state index contributed by atoms with van der Waals surface area (Å²) in [5.41, 5.74) is 5.33. The van der Waals surface area contributed by atoms with Crippen molar-refractivity contribution in [3.63, 3.8) is 0 Å². The van der Waals surface area contributed by atoms with Crippen LogP contribution in [0.5, 0.6) is 0 Å². The zero-order valence-electron chi connectivity index (χ0n) is 11.2. The molecule has 0 fully saturated rings. The molecule has 2 N–H and O–H groups in total. The number of benzene rings is 2. The zero-order chi connectivity index (χ0) is 13.5. The van der Waals surface area contributed by atoms with Crippen LogP contribution in [0.15, 0.2) is 42.5 Å². The molecule has 102 valence electrons. The molecule has 20 heavy (non-hydrogen) atoms. The Bertz CT molecular complexity index is 653. The topological polar surface area (TPSA) is 24.1 Å². The SMILES string of the molecule is FC(c1cccc2c1NCC2)C1NCc2ccccc21. The summed E-state index contributed by atoms with van der Waals surface area (Å²) < 4.78 is 15.1. The van der Waals surface area contributed by atoms with Crippen molar-refractivity contribution in [1.82, 2.24) is 5.32 Å². The molecule has 2 nitrogen and oxygen atoms in total. The van der Waals surface area contributed by atoms with Crippen LogP contribution in [0.25, 0.3) is 0 Å². The van der Waals surface area contributed by atoms with Crippen molar-refractivity contribution in [3.05, 3.63) is 64.7 Å². The van der Waals surface area contributed by atoms with Crippen LogP contribution in [0, 0.1) is 0 Å². The molecule has 4 rings (SSSR count). The summed E-state index contributed by atoms with van der Waals surface area (Å²) in [5, 5.41) is 6.64. The number of hydrogen-bond donors (Lipinski definition) is 2. The van der Waals surface area contributed by atoms with Crippen LogP contribution in [0.4, 0.5) is 10.1 Å². The van der Waals surface area contributed by atoms with Crippen LogP contribution in [0.1, 0.15) is 34.5 Å². The summed E-state index contributed by atoms with van der Waals surface area (Å²) >= 11 is 0. The van der Waals surface area contributed by atoms with Crippen LogP contribution >= 0.6 is 0 Å². The Morgan fingerprint density at radius 3 is 2.85 bits per heavy atom. The lowest BCUT2D eigenvalue weighted by Gasteiger charge is -2.20. The molecular weight excluding hydrogens is 251 g/mol. The maximum atomic E-state index is 15.1. The van der Waals surface area contributed by atoms with Gasteiger partial charge in [0.1, 0.15) is 6.17 Å². The molecule has 2 aliphatic rings. The molecule has 2 unspecified atom stereocenters. The average molecular weight is 268 g/mol. The second kappa shape index (κ2) is 4.60. The maximum Gasteiger partial charge on any atom is 0.147 e. The number of alkyl halides is 1. The Labute approximate surface area is 118 Å². The van der Waals surface area contributed by atoms with Crippen molar-refractivity contribution in [3.8, 4) is 0 Å².